The van der Waals surface area contributed by atoms with Gasteiger partial charge in [-0.1, -0.05) is 38.5 Å². The van der Waals surface area contributed by atoms with E-state index in [1.807, 2.05) is 20.2 Å². The molecular formula is C32H41NO4. The lowest BCUT2D eigenvalue weighted by molar-refractivity contribution is -0.194. The first-order valence-corrected chi connectivity index (χ1v) is 13.7. The molecule has 0 unspecified atom stereocenters. The zero-order valence-electron chi connectivity index (χ0n) is 23.5. The maximum Gasteiger partial charge on any atom is 0.303 e. The molecule has 2 saturated carbocycles. The number of Topliss-reactive ketones (excluding diaryl/α,β-unsaturated/α-hetero) is 1. The summed E-state index contributed by atoms with van der Waals surface area (Å²) in [6, 6.07) is 8.78. The lowest BCUT2D eigenvalue weighted by Gasteiger charge is -2.65. The maximum atomic E-state index is 13.5. The predicted octanol–water partition coefficient (Wildman–Crippen LogP) is 6.32. The number of allylic oxidation sites excluding steroid dienone is 4. The molecule has 0 spiro atoms. The lowest BCUT2D eigenvalue weighted by Crippen LogP contribution is -2.63. The van der Waals surface area contributed by atoms with Gasteiger partial charge in [0.2, 0.25) is 0 Å². The van der Waals surface area contributed by atoms with Crippen LogP contribution < -0.4 is 4.90 Å². The van der Waals surface area contributed by atoms with Crippen LogP contribution >= 0.6 is 0 Å². The van der Waals surface area contributed by atoms with Crippen LogP contribution in [-0.4, -0.2) is 37.2 Å². The number of carbonyl (C=O) groups excluding carboxylic acids is 3. The monoisotopic (exact) mass is 503 g/mol. The van der Waals surface area contributed by atoms with Crippen LogP contribution in [0.2, 0.25) is 0 Å². The van der Waals surface area contributed by atoms with Crippen molar-refractivity contribution in [3.63, 3.8) is 0 Å². The van der Waals surface area contributed by atoms with Crippen LogP contribution in [0.4, 0.5) is 5.69 Å². The van der Waals surface area contributed by atoms with Gasteiger partial charge in [-0.25, -0.2) is 0 Å². The van der Waals surface area contributed by atoms with E-state index >= 15 is 0 Å². The summed E-state index contributed by atoms with van der Waals surface area (Å²) >= 11 is 0. The van der Waals surface area contributed by atoms with E-state index in [0.29, 0.717) is 12.8 Å². The van der Waals surface area contributed by atoms with Crippen molar-refractivity contribution in [2.75, 3.05) is 19.0 Å². The fraction of sp³-hybridized carbons (Fsp3) is 0.594. The molecule has 5 heteroatoms. The number of hydrogen-bond acceptors (Lipinski definition) is 5. The minimum atomic E-state index is -1.13. The molecule has 0 aliphatic heterocycles. The predicted molar refractivity (Wildman–Crippen MR) is 145 cm³/mol. The molecule has 4 aliphatic carbocycles. The van der Waals surface area contributed by atoms with Crippen LogP contribution in [0, 0.1) is 16.2 Å². The Hall–Kier alpha value is -2.69. The van der Waals surface area contributed by atoms with Gasteiger partial charge in [-0.2, -0.15) is 0 Å². The molecule has 5 nitrogen and oxygen atoms in total. The van der Waals surface area contributed by atoms with Crippen molar-refractivity contribution < 1.29 is 19.1 Å². The topological polar surface area (TPSA) is 63.7 Å². The average Bonchev–Trinajstić information content (AvgIpc) is 3.07. The largest absolute Gasteiger partial charge is 0.451 e. The number of ether oxygens (including phenoxy) is 1. The van der Waals surface area contributed by atoms with E-state index in [9.17, 15) is 14.4 Å². The second-order valence-electron chi connectivity index (χ2n) is 12.7. The van der Waals surface area contributed by atoms with Gasteiger partial charge in [0.1, 0.15) is 0 Å². The molecule has 0 saturated heterocycles. The maximum absolute atomic E-state index is 13.5. The van der Waals surface area contributed by atoms with Crippen LogP contribution in [0.1, 0.15) is 91.0 Å². The summed E-state index contributed by atoms with van der Waals surface area (Å²) in [5.41, 5.74) is 4.31. The Kier molecular flexibility index (Phi) is 5.89. The van der Waals surface area contributed by atoms with Gasteiger partial charge in [0.25, 0.3) is 0 Å². The number of benzene rings is 1. The Morgan fingerprint density at radius 3 is 2.19 bits per heavy atom. The van der Waals surface area contributed by atoms with Gasteiger partial charge in [-0.15, -0.1) is 0 Å². The molecule has 0 radical (unpaired) electrons. The number of rotatable bonds is 4. The highest BCUT2D eigenvalue weighted by atomic mass is 16.6. The molecule has 5 rings (SSSR count). The normalized spacial score (nSPS) is 36.8. The summed E-state index contributed by atoms with van der Waals surface area (Å²) in [6.07, 6.45) is 7.15. The second-order valence-corrected chi connectivity index (χ2v) is 12.7. The molecule has 1 aromatic rings. The van der Waals surface area contributed by atoms with E-state index in [1.54, 1.807) is 6.92 Å². The number of nitrogens with zero attached hydrogens (tertiary/aromatic N) is 1. The van der Waals surface area contributed by atoms with Gasteiger partial charge < -0.3 is 9.64 Å². The van der Waals surface area contributed by atoms with Crippen LogP contribution in [0.3, 0.4) is 0 Å². The lowest BCUT2D eigenvalue weighted by atomic mass is 9.39. The standard InChI is InChI=1S/C32H41NO4/c1-20(34)32(37-21(2)35)17-16-30(4)29(3)15-14-23-18-25(36)12-13-26(23)28(29)27(19-31(30,32)5)22-8-10-24(11-9-22)33(6)7/h8-11,18,27H,12-17,19H2,1-7H3/t27-,29-,30+,31+,32+/m1/s1. The molecule has 0 amide bonds. The summed E-state index contributed by atoms with van der Waals surface area (Å²) in [5.74, 6) is -0.122. The van der Waals surface area contributed by atoms with E-state index in [-0.39, 0.29) is 34.3 Å². The number of anilines is 1. The van der Waals surface area contributed by atoms with E-state index in [1.165, 1.54) is 29.2 Å². The van der Waals surface area contributed by atoms with Gasteiger partial charge in [-0.3, -0.25) is 14.4 Å². The van der Waals surface area contributed by atoms with Crippen molar-refractivity contribution in [3.05, 3.63) is 52.6 Å². The molecule has 0 N–H and O–H groups in total. The smallest absolute Gasteiger partial charge is 0.303 e. The highest BCUT2D eigenvalue weighted by Gasteiger charge is 2.75. The molecule has 0 heterocycles. The van der Waals surface area contributed by atoms with E-state index in [2.05, 4.69) is 49.9 Å². The molecule has 2 fully saturated rings. The molecule has 1 aromatic carbocycles. The van der Waals surface area contributed by atoms with Crippen LogP contribution in [0.15, 0.2) is 47.1 Å². The fourth-order valence-electron chi connectivity index (χ4n) is 8.86. The van der Waals surface area contributed by atoms with Crippen LogP contribution in [0.25, 0.3) is 0 Å². The summed E-state index contributed by atoms with van der Waals surface area (Å²) in [6.45, 7) is 9.98. The zero-order chi connectivity index (χ0) is 27.0. The summed E-state index contributed by atoms with van der Waals surface area (Å²) < 4.78 is 6.11. The van der Waals surface area contributed by atoms with Crippen LogP contribution in [0.5, 0.6) is 0 Å². The Bertz CT molecular complexity index is 1240. The molecule has 37 heavy (non-hydrogen) atoms. The highest BCUT2D eigenvalue weighted by molar-refractivity contribution is 5.93. The summed E-state index contributed by atoms with van der Waals surface area (Å²) in [4.78, 5) is 40.4. The van der Waals surface area contributed by atoms with Crippen molar-refractivity contribution in [2.24, 2.45) is 16.2 Å². The molecule has 0 aromatic heterocycles. The van der Waals surface area contributed by atoms with Crippen molar-refractivity contribution in [1.82, 2.24) is 0 Å². The molecule has 5 atom stereocenters. The number of hydrogen-bond donors (Lipinski definition) is 0. The fourth-order valence-corrected chi connectivity index (χ4v) is 8.86. The van der Waals surface area contributed by atoms with E-state index < -0.39 is 11.0 Å². The average molecular weight is 504 g/mol. The van der Waals surface area contributed by atoms with Crippen molar-refractivity contribution in [2.45, 2.75) is 91.1 Å². The third-order valence-electron chi connectivity index (χ3n) is 11.1. The molecule has 4 aliphatic rings. The summed E-state index contributed by atoms with van der Waals surface area (Å²) in [7, 11) is 4.08. The first-order valence-electron chi connectivity index (χ1n) is 13.7. The third-order valence-corrected chi connectivity index (χ3v) is 11.1. The number of esters is 1. The number of fused-ring (bicyclic) bond motifs is 4. The number of ketones is 2. The van der Waals surface area contributed by atoms with Crippen molar-refractivity contribution >= 4 is 23.2 Å². The van der Waals surface area contributed by atoms with E-state index in [0.717, 1.165) is 37.8 Å². The van der Waals surface area contributed by atoms with Crippen molar-refractivity contribution in [1.29, 1.82) is 0 Å². The number of carbonyl (C=O) groups is 3. The quantitative estimate of drug-likeness (QED) is 0.450. The first kappa shape index (κ1) is 25.9. The summed E-state index contributed by atoms with van der Waals surface area (Å²) in [5, 5.41) is 0. The Balaban J connectivity index is 1.77. The van der Waals surface area contributed by atoms with E-state index in [4.69, 9.17) is 4.74 Å². The minimum Gasteiger partial charge on any atom is -0.451 e. The molecule has 198 valence electrons. The van der Waals surface area contributed by atoms with Crippen LogP contribution in [-0.2, 0) is 19.1 Å². The van der Waals surface area contributed by atoms with Crippen molar-refractivity contribution in [3.8, 4) is 0 Å². The Morgan fingerprint density at radius 1 is 0.919 bits per heavy atom. The highest BCUT2D eigenvalue weighted by Crippen LogP contribution is 2.77. The molecule has 0 bridgehead atoms. The van der Waals surface area contributed by atoms with Gasteiger partial charge >= 0.3 is 5.97 Å². The zero-order valence-corrected chi connectivity index (χ0v) is 23.5. The second kappa shape index (κ2) is 8.41. The molecular weight excluding hydrogens is 462 g/mol. The SMILES string of the molecule is CC(=O)O[C@]1(C(C)=O)CC[C@]2(C)[C@]1(C)C[C@H](c1ccc(N(C)C)cc1)C1=C3CCC(=O)C=C3CC[C@]12C. The van der Waals surface area contributed by atoms with Gasteiger partial charge in [0.15, 0.2) is 17.2 Å². The Labute approximate surface area is 221 Å². The minimum absolute atomic E-state index is 0.0463. The van der Waals surface area contributed by atoms with Gasteiger partial charge in [-0.05, 0) is 91.2 Å². The Morgan fingerprint density at radius 2 is 1.59 bits per heavy atom. The first-order chi connectivity index (χ1) is 17.3. The van der Waals surface area contributed by atoms with Gasteiger partial charge in [0, 0.05) is 44.5 Å². The third kappa shape index (κ3) is 3.38. The van der Waals surface area contributed by atoms with Gasteiger partial charge in [0.05, 0.1) is 0 Å².